The Bertz CT molecular complexity index is 1140. The van der Waals surface area contributed by atoms with Gasteiger partial charge in [-0.1, -0.05) is 60.7 Å². The number of phenolic OH excluding ortho intramolecular Hbond substituents is 1. The molecule has 1 N–H and O–H groups in total. The third-order valence-corrected chi connectivity index (χ3v) is 4.06. The van der Waals surface area contributed by atoms with Gasteiger partial charge in [-0.05, 0) is 35.7 Å². The van der Waals surface area contributed by atoms with Crippen LogP contribution in [0, 0.1) is 0 Å². The molecule has 0 saturated heterocycles. The van der Waals surface area contributed by atoms with Crippen molar-refractivity contribution in [3.63, 3.8) is 0 Å². The molecule has 0 aliphatic rings. The maximum absolute atomic E-state index is 10.5. The fraction of sp³-hybridized carbons (Fsp3) is 0. The van der Waals surface area contributed by atoms with Crippen molar-refractivity contribution in [3.05, 3.63) is 91.0 Å². The summed E-state index contributed by atoms with van der Waals surface area (Å²) in [5.41, 5.74) is 2.34. The topological polar surface area (TPSA) is 69.7 Å². The monoisotopic (exact) mass is 352 g/mol. The first-order valence-corrected chi connectivity index (χ1v) is 8.49. The van der Waals surface area contributed by atoms with Crippen LogP contribution in [0.25, 0.3) is 10.8 Å². The lowest BCUT2D eigenvalue weighted by atomic mass is 10.1. The van der Waals surface area contributed by atoms with Gasteiger partial charge in [-0.15, -0.1) is 15.3 Å². The molecule has 130 valence electrons. The summed E-state index contributed by atoms with van der Waals surface area (Å²) < 4.78 is 0. The Labute approximate surface area is 156 Å². The van der Waals surface area contributed by atoms with Crippen molar-refractivity contribution in [2.24, 2.45) is 20.5 Å². The highest BCUT2D eigenvalue weighted by molar-refractivity contribution is 5.92. The van der Waals surface area contributed by atoms with Crippen molar-refractivity contribution in [2.45, 2.75) is 0 Å². The zero-order chi connectivity index (χ0) is 18.5. The second-order valence-electron chi connectivity index (χ2n) is 5.88. The predicted octanol–water partition coefficient (Wildman–Crippen LogP) is 7.38. The van der Waals surface area contributed by atoms with Crippen molar-refractivity contribution in [3.8, 4) is 5.75 Å². The molecule has 0 saturated carbocycles. The SMILES string of the molecule is Oc1c(N=Nc2ccccc2N=Nc2ccccc2)ccc2ccccc12. The second kappa shape index (κ2) is 7.58. The molecule has 0 fully saturated rings. The van der Waals surface area contributed by atoms with E-state index in [9.17, 15) is 5.11 Å². The number of phenols is 1. The van der Waals surface area contributed by atoms with Gasteiger partial charge in [0.25, 0.3) is 0 Å². The molecule has 0 bridgehead atoms. The normalized spacial score (nSPS) is 11.6. The largest absolute Gasteiger partial charge is 0.505 e. The van der Waals surface area contributed by atoms with Crippen molar-refractivity contribution in [1.82, 2.24) is 0 Å². The Balaban J connectivity index is 1.65. The summed E-state index contributed by atoms with van der Waals surface area (Å²) in [4.78, 5) is 0. The summed E-state index contributed by atoms with van der Waals surface area (Å²) in [7, 11) is 0. The van der Waals surface area contributed by atoms with Crippen LogP contribution in [0.3, 0.4) is 0 Å². The van der Waals surface area contributed by atoms with Crippen LogP contribution < -0.4 is 0 Å². The molecule has 0 aromatic heterocycles. The molecule has 0 radical (unpaired) electrons. The maximum atomic E-state index is 10.5. The minimum absolute atomic E-state index is 0.111. The molecule has 0 aliphatic heterocycles. The number of nitrogens with zero attached hydrogens (tertiary/aromatic N) is 4. The van der Waals surface area contributed by atoms with E-state index in [0.717, 1.165) is 16.5 Å². The number of aromatic hydroxyl groups is 1. The zero-order valence-electron chi connectivity index (χ0n) is 14.4. The number of benzene rings is 4. The van der Waals surface area contributed by atoms with E-state index in [1.165, 1.54) is 0 Å². The van der Waals surface area contributed by atoms with Gasteiger partial charge in [-0.25, -0.2) is 0 Å². The van der Waals surface area contributed by atoms with E-state index in [2.05, 4.69) is 20.5 Å². The van der Waals surface area contributed by atoms with Gasteiger partial charge in [0.05, 0.1) is 5.69 Å². The number of hydrogen-bond acceptors (Lipinski definition) is 5. The summed E-state index contributed by atoms with van der Waals surface area (Å²) in [6, 6.07) is 28.1. The van der Waals surface area contributed by atoms with Crippen LogP contribution in [0.5, 0.6) is 5.75 Å². The summed E-state index contributed by atoms with van der Waals surface area (Å²) in [6.07, 6.45) is 0. The van der Waals surface area contributed by atoms with E-state index < -0.39 is 0 Å². The van der Waals surface area contributed by atoms with E-state index in [1.807, 2.05) is 78.9 Å². The highest BCUT2D eigenvalue weighted by Crippen LogP contribution is 2.37. The number of hydrogen-bond donors (Lipinski definition) is 1. The van der Waals surface area contributed by atoms with E-state index >= 15 is 0 Å². The van der Waals surface area contributed by atoms with Gasteiger partial charge in [0.2, 0.25) is 0 Å². The van der Waals surface area contributed by atoms with Crippen LogP contribution in [0.1, 0.15) is 0 Å². The van der Waals surface area contributed by atoms with Crippen LogP contribution in [-0.2, 0) is 0 Å². The quantitative estimate of drug-likeness (QED) is 0.382. The first-order chi connectivity index (χ1) is 13.3. The van der Waals surface area contributed by atoms with Gasteiger partial charge in [-0.3, -0.25) is 0 Å². The average Bonchev–Trinajstić information content (AvgIpc) is 2.73. The Hall–Kier alpha value is -3.86. The van der Waals surface area contributed by atoms with E-state index in [4.69, 9.17) is 0 Å². The second-order valence-corrected chi connectivity index (χ2v) is 5.88. The zero-order valence-corrected chi connectivity index (χ0v) is 14.4. The van der Waals surface area contributed by atoms with Crippen LogP contribution in [0.2, 0.25) is 0 Å². The minimum atomic E-state index is 0.111. The average molecular weight is 352 g/mol. The van der Waals surface area contributed by atoms with E-state index in [0.29, 0.717) is 17.1 Å². The third-order valence-electron chi connectivity index (χ3n) is 4.06. The Morgan fingerprint density at radius 1 is 0.481 bits per heavy atom. The first kappa shape index (κ1) is 16.6. The van der Waals surface area contributed by atoms with Gasteiger partial charge < -0.3 is 5.11 Å². The van der Waals surface area contributed by atoms with Gasteiger partial charge in [0.15, 0.2) is 5.75 Å². The van der Waals surface area contributed by atoms with Crippen LogP contribution in [-0.4, -0.2) is 5.11 Å². The summed E-state index contributed by atoms with van der Waals surface area (Å²) in [5.74, 6) is 0.111. The van der Waals surface area contributed by atoms with E-state index in [1.54, 1.807) is 12.1 Å². The lowest BCUT2D eigenvalue weighted by Crippen LogP contribution is -1.74. The molecule has 0 aliphatic carbocycles. The fourth-order valence-electron chi connectivity index (χ4n) is 2.67. The molecule has 0 heterocycles. The minimum Gasteiger partial charge on any atom is -0.505 e. The lowest BCUT2D eigenvalue weighted by molar-refractivity contribution is 0.482. The lowest BCUT2D eigenvalue weighted by Gasteiger charge is -2.03. The molecule has 5 heteroatoms. The highest BCUT2D eigenvalue weighted by Gasteiger charge is 2.06. The summed E-state index contributed by atoms with van der Waals surface area (Å²) >= 11 is 0. The van der Waals surface area contributed by atoms with Crippen molar-refractivity contribution >= 4 is 33.5 Å². The third kappa shape index (κ3) is 3.72. The molecule has 0 unspecified atom stereocenters. The number of rotatable bonds is 4. The molecule has 4 aromatic carbocycles. The molecule has 0 atom stereocenters. The van der Waals surface area contributed by atoms with Gasteiger partial charge in [0.1, 0.15) is 17.1 Å². The summed E-state index contributed by atoms with van der Waals surface area (Å²) in [5, 5.41) is 29.1. The number of azo groups is 2. The molecule has 27 heavy (non-hydrogen) atoms. The Morgan fingerprint density at radius 2 is 1.07 bits per heavy atom. The van der Waals surface area contributed by atoms with Gasteiger partial charge >= 0.3 is 0 Å². The molecule has 0 spiro atoms. The molecule has 0 amide bonds. The van der Waals surface area contributed by atoms with E-state index in [-0.39, 0.29) is 5.75 Å². The molecule has 4 aromatic rings. The van der Waals surface area contributed by atoms with Crippen molar-refractivity contribution < 1.29 is 5.11 Å². The smallest absolute Gasteiger partial charge is 0.150 e. The number of fused-ring (bicyclic) bond motifs is 1. The van der Waals surface area contributed by atoms with Gasteiger partial charge in [0, 0.05) is 5.39 Å². The summed E-state index contributed by atoms with van der Waals surface area (Å²) in [6.45, 7) is 0. The van der Waals surface area contributed by atoms with Crippen LogP contribution in [0.15, 0.2) is 111 Å². The fourth-order valence-corrected chi connectivity index (χ4v) is 2.67. The highest BCUT2D eigenvalue weighted by atomic mass is 16.3. The van der Waals surface area contributed by atoms with Crippen LogP contribution >= 0.6 is 0 Å². The Kier molecular flexibility index (Phi) is 4.66. The predicted molar refractivity (Wildman–Crippen MR) is 107 cm³/mol. The first-order valence-electron chi connectivity index (χ1n) is 8.49. The Morgan fingerprint density at radius 3 is 1.85 bits per heavy atom. The maximum Gasteiger partial charge on any atom is 0.150 e. The van der Waals surface area contributed by atoms with Gasteiger partial charge in [-0.2, -0.15) is 5.11 Å². The van der Waals surface area contributed by atoms with Crippen molar-refractivity contribution in [2.75, 3.05) is 0 Å². The molecular formula is C22H16N4O. The standard InChI is InChI=1S/C22H16N4O/c27-22-18-11-5-4-8-16(18)14-15-21(22)26-25-20-13-7-6-12-19(20)24-23-17-9-2-1-3-10-17/h1-15,27H. The molecule has 4 rings (SSSR count). The molecular weight excluding hydrogens is 336 g/mol. The van der Waals surface area contributed by atoms with Crippen molar-refractivity contribution in [1.29, 1.82) is 0 Å². The molecule has 5 nitrogen and oxygen atoms in total. The van der Waals surface area contributed by atoms with Crippen LogP contribution in [0.4, 0.5) is 22.7 Å².